The van der Waals surface area contributed by atoms with E-state index in [9.17, 15) is 19.5 Å². The van der Waals surface area contributed by atoms with Gasteiger partial charge in [-0.25, -0.2) is 4.79 Å². The molecular formula is C18H18N2O5. The molecule has 1 aliphatic carbocycles. The molecule has 0 bridgehead atoms. The molecule has 1 fully saturated rings. The highest BCUT2D eigenvalue weighted by Gasteiger charge is 2.49. The Labute approximate surface area is 145 Å². The second-order valence-corrected chi connectivity index (χ2v) is 6.22. The van der Waals surface area contributed by atoms with E-state index in [1.165, 1.54) is 9.80 Å². The van der Waals surface area contributed by atoms with Crippen molar-refractivity contribution < 1.29 is 24.2 Å². The molecule has 1 aromatic rings. The van der Waals surface area contributed by atoms with Crippen LogP contribution in [0.25, 0.3) is 0 Å². The molecule has 1 heterocycles. The Hall–Kier alpha value is -3.01. The van der Waals surface area contributed by atoms with E-state index in [-0.39, 0.29) is 12.5 Å². The van der Waals surface area contributed by atoms with Crippen molar-refractivity contribution in [1.82, 2.24) is 0 Å². The summed E-state index contributed by atoms with van der Waals surface area (Å²) < 4.78 is 5.44. The van der Waals surface area contributed by atoms with Crippen molar-refractivity contribution in [2.24, 2.45) is 0 Å². The van der Waals surface area contributed by atoms with Crippen molar-refractivity contribution in [3.63, 3.8) is 0 Å². The quantitative estimate of drug-likeness (QED) is 0.839. The molecule has 0 unspecified atom stereocenters. The summed E-state index contributed by atoms with van der Waals surface area (Å²) >= 11 is 0. The van der Waals surface area contributed by atoms with Gasteiger partial charge in [-0.05, 0) is 30.9 Å². The molecule has 0 aromatic heterocycles. The van der Waals surface area contributed by atoms with Crippen LogP contribution in [0.2, 0.25) is 0 Å². The maximum atomic E-state index is 12.4. The Balaban J connectivity index is 2.10. The zero-order valence-corrected chi connectivity index (χ0v) is 13.8. The van der Waals surface area contributed by atoms with Gasteiger partial charge < -0.3 is 14.7 Å². The highest BCUT2D eigenvalue weighted by molar-refractivity contribution is 6.10. The fourth-order valence-corrected chi connectivity index (χ4v) is 3.52. The van der Waals surface area contributed by atoms with Gasteiger partial charge in [-0.15, -0.1) is 6.42 Å². The number of anilines is 2. The molecule has 3 rings (SSSR count). The molecule has 2 amide bonds. The van der Waals surface area contributed by atoms with Crippen LogP contribution < -0.4 is 14.5 Å². The van der Waals surface area contributed by atoms with Gasteiger partial charge in [0.15, 0.2) is 6.61 Å². The number of aliphatic carboxylic acids is 1. The lowest BCUT2D eigenvalue weighted by molar-refractivity contribution is -0.144. The van der Waals surface area contributed by atoms with Crippen molar-refractivity contribution in [3.05, 3.63) is 18.2 Å². The average molecular weight is 342 g/mol. The van der Waals surface area contributed by atoms with Crippen molar-refractivity contribution >= 4 is 29.2 Å². The van der Waals surface area contributed by atoms with E-state index >= 15 is 0 Å². The zero-order chi connectivity index (χ0) is 18.2. The number of terminal acetylenes is 1. The third kappa shape index (κ3) is 2.60. The maximum absolute atomic E-state index is 12.4. The van der Waals surface area contributed by atoms with Gasteiger partial charge in [0.2, 0.25) is 0 Å². The topological polar surface area (TPSA) is 87.2 Å². The standard InChI is InChI=1S/C18H18N2O5/c1-3-15(21)20(18(17(23)24)8-4-5-9-18)12-6-7-13-14(10-12)25-11-16(22)19(13)2/h1,6-7,10H,4-5,8-9,11H2,2H3,(H,23,24). The van der Waals surface area contributed by atoms with Gasteiger partial charge in [0.1, 0.15) is 11.3 Å². The van der Waals surface area contributed by atoms with E-state index in [0.717, 1.165) is 0 Å². The molecule has 0 spiro atoms. The molecule has 1 N–H and O–H groups in total. The molecule has 1 aliphatic heterocycles. The number of carbonyl (C=O) groups excluding carboxylic acids is 2. The van der Waals surface area contributed by atoms with Crippen molar-refractivity contribution in [1.29, 1.82) is 0 Å². The predicted molar refractivity (Wildman–Crippen MR) is 90.5 cm³/mol. The molecule has 7 nitrogen and oxygen atoms in total. The van der Waals surface area contributed by atoms with E-state index in [2.05, 4.69) is 0 Å². The molecule has 7 heteroatoms. The molecule has 130 valence electrons. The number of hydrogen-bond donors (Lipinski definition) is 1. The summed E-state index contributed by atoms with van der Waals surface area (Å²) in [6.45, 7) is -0.111. The van der Waals surface area contributed by atoms with Crippen molar-refractivity contribution in [2.75, 3.05) is 23.5 Å². The van der Waals surface area contributed by atoms with Crippen LogP contribution in [0, 0.1) is 12.3 Å². The van der Waals surface area contributed by atoms with Gasteiger partial charge in [-0.1, -0.05) is 12.8 Å². The summed E-state index contributed by atoms with van der Waals surface area (Å²) in [5, 5.41) is 9.81. The van der Waals surface area contributed by atoms with Crippen LogP contribution >= 0.6 is 0 Å². The number of benzene rings is 1. The van der Waals surface area contributed by atoms with Gasteiger partial charge in [0, 0.05) is 18.8 Å². The van der Waals surface area contributed by atoms with Crippen LogP contribution in [-0.4, -0.2) is 42.1 Å². The normalized spacial score (nSPS) is 18.1. The minimum atomic E-state index is -1.35. The van der Waals surface area contributed by atoms with Gasteiger partial charge in [-0.3, -0.25) is 14.5 Å². The molecular weight excluding hydrogens is 324 g/mol. The summed E-state index contributed by atoms with van der Waals surface area (Å²) in [7, 11) is 1.63. The number of ether oxygens (including phenoxy) is 1. The fourth-order valence-electron chi connectivity index (χ4n) is 3.52. The van der Waals surface area contributed by atoms with Gasteiger partial charge in [0.25, 0.3) is 5.91 Å². The lowest BCUT2D eigenvalue weighted by Crippen LogP contribution is -2.55. The third-order valence-corrected chi connectivity index (χ3v) is 4.87. The maximum Gasteiger partial charge on any atom is 0.330 e. The molecule has 1 aromatic carbocycles. The van der Waals surface area contributed by atoms with E-state index < -0.39 is 17.4 Å². The average Bonchev–Trinajstić information content (AvgIpc) is 3.09. The summed E-state index contributed by atoms with van der Waals surface area (Å²) in [5.41, 5.74) is -0.439. The predicted octanol–water partition coefficient (Wildman–Crippen LogP) is 1.41. The second kappa shape index (κ2) is 6.13. The summed E-state index contributed by atoms with van der Waals surface area (Å²) in [6, 6.07) is 4.79. The number of rotatable bonds is 3. The first-order valence-electron chi connectivity index (χ1n) is 7.98. The number of nitrogens with zero attached hydrogens (tertiary/aromatic N) is 2. The molecule has 2 aliphatic rings. The molecule has 0 atom stereocenters. The van der Waals surface area contributed by atoms with Crippen LogP contribution in [-0.2, 0) is 14.4 Å². The molecule has 0 saturated heterocycles. The first-order chi connectivity index (χ1) is 11.9. The highest BCUT2D eigenvalue weighted by atomic mass is 16.5. The fraction of sp³-hybridized carbons (Fsp3) is 0.389. The molecule has 25 heavy (non-hydrogen) atoms. The van der Waals surface area contributed by atoms with Crippen LogP contribution in [0.15, 0.2) is 18.2 Å². The largest absolute Gasteiger partial charge is 0.481 e. The zero-order valence-electron chi connectivity index (χ0n) is 13.8. The van der Waals surface area contributed by atoms with Crippen molar-refractivity contribution in [2.45, 2.75) is 31.2 Å². The number of carboxylic acids is 1. The Morgan fingerprint density at radius 3 is 2.64 bits per heavy atom. The summed E-state index contributed by atoms with van der Waals surface area (Å²) in [5.74, 6) is 0.485. The minimum Gasteiger partial charge on any atom is -0.481 e. The van der Waals surface area contributed by atoms with E-state index in [1.807, 2.05) is 5.92 Å². The van der Waals surface area contributed by atoms with Crippen LogP contribution in [0.3, 0.4) is 0 Å². The van der Waals surface area contributed by atoms with Crippen LogP contribution in [0.4, 0.5) is 11.4 Å². The van der Waals surface area contributed by atoms with Crippen LogP contribution in [0.1, 0.15) is 25.7 Å². The number of amides is 2. The SMILES string of the molecule is C#CC(=O)N(c1ccc2c(c1)OCC(=O)N2C)C1(C(=O)O)CCCC1. The Kier molecular flexibility index (Phi) is 4.13. The lowest BCUT2D eigenvalue weighted by atomic mass is 9.93. The van der Waals surface area contributed by atoms with Gasteiger partial charge >= 0.3 is 11.9 Å². The third-order valence-electron chi connectivity index (χ3n) is 4.87. The number of hydrogen-bond acceptors (Lipinski definition) is 4. The smallest absolute Gasteiger partial charge is 0.330 e. The molecule has 0 radical (unpaired) electrons. The van der Waals surface area contributed by atoms with E-state index in [0.29, 0.717) is 42.8 Å². The second-order valence-electron chi connectivity index (χ2n) is 6.22. The van der Waals surface area contributed by atoms with Gasteiger partial charge in [0.05, 0.1) is 5.69 Å². The Bertz CT molecular complexity index is 789. The number of carbonyl (C=O) groups is 3. The van der Waals surface area contributed by atoms with Crippen molar-refractivity contribution in [3.8, 4) is 18.1 Å². The van der Waals surface area contributed by atoms with Gasteiger partial charge in [-0.2, -0.15) is 0 Å². The number of fused-ring (bicyclic) bond motifs is 1. The Morgan fingerprint density at radius 2 is 2.04 bits per heavy atom. The lowest BCUT2D eigenvalue weighted by Gasteiger charge is -2.37. The molecule has 1 saturated carbocycles. The van der Waals surface area contributed by atoms with E-state index in [1.54, 1.807) is 25.2 Å². The monoisotopic (exact) mass is 342 g/mol. The minimum absolute atomic E-state index is 0.111. The summed E-state index contributed by atoms with van der Waals surface area (Å²) in [6.07, 6.45) is 7.39. The first-order valence-corrected chi connectivity index (χ1v) is 7.98. The Morgan fingerprint density at radius 1 is 1.36 bits per heavy atom. The number of carboxylic acid groups (broad SMARTS) is 1. The van der Waals surface area contributed by atoms with E-state index in [4.69, 9.17) is 11.2 Å². The first kappa shape index (κ1) is 16.8. The van der Waals surface area contributed by atoms with Crippen LogP contribution in [0.5, 0.6) is 5.75 Å². The highest BCUT2D eigenvalue weighted by Crippen LogP contribution is 2.42. The summed E-state index contributed by atoms with van der Waals surface area (Å²) in [4.78, 5) is 38.8. The number of likely N-dealkylation sites (N-methyl/N-ethyl adjacent to an activating group) is 1.